The first-order valence-electron chi connectivity index (χ1n) is 12.0. The molecule has 2 amide bonds. The molecule has 1 aliphatic carbocycles. The van der Waals surface area contributed by atoms with Gasteiger partial charge in [-0.2, -0.15) is 26.3 Å². The minimum Gasteiger partial charge on any atom is -0.350 e. The summed E-state index contributed by atoms with van der Waals surface area (Å²) in [6.45, 7) is 0. The molecule has 206 valence electrons. The van der Waals surface area contributed by atoms with Gasteiger partial charge in [-0.1, -0.05) is 49.1 Å². The van der Waals surface area contributed by atoms with E-state index in [9.17, 15) is 35.9 Å². The molecule has 0 aromatic heterocycles. The molecule has 11 heteroatoms. The molecule has 1 aliphatic rings. The molecular formula is C27H27ClF6N2O2. The van der Waals surface area contributed by atoms with Crippen molar-refractivity contribution in [3.63, 3.8) is 0 Å². The highest BCUT2D eigenvalue weighted by atomic mass is 35.5. The highest BCUT2D eigenvalue weighted by molar-refractivity contribution is 6.30. The third-order valence-corrected chi connectivity index (χ3v) is 6.68. The second kappa shape index (κ2) is 12.2. The molecule has 38 heavy (non-hydrogen) atoms. The first-order valence-corrected chi connectivity index (χ1v) is 12.4. The average Bonchev–Trinajstić information content (AvgIpc) is 2.86. The van der Waals surface area contributed by atoms with Crippen molar-refractivity contribution >= 4 is 23.4 Å². The Morgan fingerprint density at radius 3 is 2.05 bits per heavy atom. The molecule has 2 aromatic rings. The van der Waals surface area contributed by atoms with Gasteiger partial charge in [0.25, 0.3) is 5.91 Å². The Bertz CT molecular complexity index is 1120. The Morgan fingerprint density at radius 2 is 1.53 bits per heavy atom. The van der Waals surface area contributed by atoms with Crippen LogP contribution < -0.4 is 5.32 Å². The molecule has 0 saturated heterocycles. The largest absolute Gasteiger partial charge is 0.416 e. The van der Waals surface area contributed by atoms with Gasteiger partial charge >= 0.3 is 12.4 Å². The molecule has 1 saturated carbocycles. The van der Waals surface area contributed by atoms with E-state index in [1.54, 1.807) is 24.3 Å². The Morgan fingerprint density at radius 1 is 0.974 bits per heavy atom. The standard InChI is InChI=1S/C27H27ClF6N2O2/c1-36(25(38)18-14-19(26(29,30)31)16-20(15-18)27(32,33)34)23(13-17-7-9-21(28)10-8-17)11-12-24(37)35-22-5-3-2-4-6-22/h7-12,14-16,22-23H,2-6,13H2,1H3,(H,35,37). The summed E-state index contributed by atoms with van der Waals surface area (Å²) < 4.78 is 79.9. The molecule has 0 spiro atoms. The lowest BCUT2D eigenvalue weighted by Gasteiger charge is -2.27. The lowest BCUT2D eigenvalue weighted by atomic mass is 9.95. The van der Waals surface area contributed by atoms with E-state index in [-0.39, 0.29) is 18.5 Å². The predicted molar refractivity (Wildman–Crippen MR) is 132 cm³/mol. The van der Waals surface area contributed by atoms with Gasteiger partial charge in [-0.3, -0.25) is 9.59 Å². The van der Waals surface area contributed by atoms with Crippen LogP contribution >= 0.6 is 11.6 Å². The number of hydrogen-bond acceptors (Lipinski definition) is 2. The van der Waals surface area contributed by atoms with Crippen LogP contribution in [-0.4, -0.2) is 35.8 Å². The number of halogens is 7. The Labute approximate surface area is 221 Å². The normalized spacial score (nSPS) is 15.9. The number of nitrogens with zero attached hydrogens (tertiary/aromatic N) is 1. The quantitative estimate of drug-likeness (QED) is 0.291. The van der Waals surface area contributed by atoms with Crippen molar-refractivity contribution in [2.24, 2.45) is 0 Å². The van der Waals surface area contributed by atoms with Crippen molar-refractivity contribution in [2.45, 2.75) is 63.0 Å². The maximum absolute atomic E-state index is 13.3. The van der Waals surface area contributed by atoms with Gasteiger partial charge in [-0.15, -0.1) is 0 Å². The van der Waals surface area contributed by atoms with E-state index in [4.69, 9.17) is 11.6 Å². The summed E-state index contributed by atoms with van der Waals surface area (Å²) in [5, 5.41) is 3.36. The molecule has 1 fully saturated rings. The zero-order chi connectivity index (χ0) is 28.1. The summed E-state index contributed by atoms with van der Waals surface area (Å²) in [6, 6.07) is 6.50. The summed E-state index contributed by atoms with van der Waals surface area (Å²) in [5.41, 5.74) is -3.24. The first-order chi connectivity index (χ1) is 17.7. The van der Waals surface area contributed by atoms with E-state index >= 15 is 0 Å². The average molecular weight is 561 g/mol. The second-order valence-electron chi connectivity index (χ2n) is 9.31. The van der Waals surface area contributed by atoms with E-state index in [1.165, 1.54) is 19.2 Å². The van der Waals surface area contributed by atoms with Gasteiger partial charge in [0.15, 0.2) is 0 Å². The summed E-state index contributed by atoms with van der Waals surface area (Å²) in [6.07, 6.45) is -2.57. The Kier molecular flexibility index (Phi) is 9.51. The maximum atomic E-state index is 13.3. The van der Waals surface area contributed by atoms with Gasteiger partial charge < -0.3 is 10.2 Å². The number of alkyl halides is 6. The van der Waals surface area contributed by atoms with Crippen LogP contribution in [0.1, 0.15) is 59.2 Å². The zero-order valence-electron chi connectivity index (χ0n) is 20.5. The first kappa shape index (κ1) is 29.5. The van der Waals surface area contributed by atoms with Gasteiger partial charge in [-0.05, 0) is 55.2 Å². The minimum absolute atomic E-state index is 0.0286. The third kappa shape index (κ3) is 8.24. The molecule has 0 heterocycles. The van der Waals surface area contributed by atoms with Gasteiger partial charge in [0.2, 0.25) is 5.91 Å². The fourth-order valence-electron chi connectivity index (χ4n) is 4.32. The molecule has 0 radical (unpaired) electrons. The van der Waals surface area contributed by atoms with Crippen LogP contribution in [0.15, 0.2) is 54.6 Å². The molecule has 0 aliphatic heterocycles. The van der Waals surface area contributed by atoms with Gasteiger partial charge in [-0.25, -0.2) is 0 Å². The molecule has 4 nitrogen and oxygen atoms in total. The van der Waals surface area contributed by atoms with Crippen molar-refractivity contribution in [3.05, 3.63) is 81.9 Å². The highest BCUT2D eigenvalue weighted by Crippen LogP contribution is 2.36. The van der Waals surface area contributed by atoms with Gasteiger partial charge in [0, 0.05) is 29.8 Å². The number of rotatable bonds is 7. The topological polar surface area (TPSA) is 49.4 Å². The SMILES string of the molecule is CN(C(=O)c1cc(C(F)(F)F)cc(C(F)(F)F)c1)C(C=CC(=O)NC1CCCCC1)Cc1ccc(Cl)cc1. The third-order valence-electron chi connectivity index (χ3n) is 6.43. The van der Waals surface area contributed by atoms with E-state index in [0.29, 0.717) is 22.7 Å². The number of nitrogens with one attached hydrogen (secondary N) is 1. The van der Waals surface area contributed by atoms with Crippen molar-refractivity contribution in [3.8, 4) is 0 Å². The molecule has 1 unspecified atom stereocenters. The predicted octanol–water partition coefficient (Wildman–Crippen LogP) is 7.07. The van der Waals surface area contributed by atoms with Gasteiger partial charge in [0.1, 0.15) is 0 Å². The molecule has 2 aromatic carbocycles. The Hall–Kier alpha value is -3.01. The minimum atomic E-state index is -5.09. The smallest absolute Gasteiger partial charge is 0.350 e. The van der Waals surface area contributed by atoms with E-state index in [1.807, 2.05) is 0 Å². The zero-order valence-corrected chi connectivity index (χ0v) is 21.3. The maximum Gasteiger partial charge on any atom is 0.416 e. The summed E-state index contributed by atoms with van der Waals surface area (Å²) >= 11 is 5.92. The number of likely N-dealkylation sites (N-methyl/N-ethyl adjacent to an activating group) is 1. The fourth-order valence-corrected chi connectivity index (χ4v) is 4.45. The van der Waals surface area contributed by atoms with Crippen LogP contribution in [0.3, 0.4) is 0 Å². The van der Waals surface area contributed by atoms with E-state index in [0.717, 1.165) is 37.0 Å². The van der Waals surface area contributed by atoms with Crippen molar-refractivity contribution in [1.29, 1.82) is 0 Å². The van der Waals surface area contributed by atoms with Gasteiger partial charge in [0.05, 0.1) is 17.2 Å². The van der Waals surface area contributed by atoms with Crippen LogP contribution in [0.5, 0.6) is 0 Å². The molecular weight excluding hydrogens is 534 g/mol. The summed E-state index contributed by atoms with van der Waals surface area (Å²) in [4.78, 5) is 26.7. The second-order valence-corrected chi connectivity index (χ2v) is 9.75. The lowest BCUT2D eigenvalue weighted by Crippen LogP contribution is -2.38. The van der Waals surface area contributed by atoms with Crippen molar-refractivity contribution < 1.29 is 35.9 Å². The van der Waals surface area contributed by atoms with Crippen LogP contribution in [0, 0.1) is 0 Å². The van der Waals surface area contributed by atoms with E-state index < -0.39 is 46.9 Å². The number of hydrogen-bond donors (Lipinski definition) is 1. The van der Waals surface area contributed by atoms with Crippen LogP contribution in [0.2, 0.25) is 5.02 Å². The molecule has 0 bridgehead atoms. The van der Waals surface area contributed by atoms with Crippen molar-refractivity contribution in [1.82, 2.24) is 10.2 Å². The Balaban J connectivity index is 1.90. The number of carbonyl (C=O) groups excluding carboxylic acids is 2. The van der Waals surface area contributed by atoms with Crippen molar-refractivity contribution in [2.75, 3.05) is 7.05 Å². The van der Waals surface area contributed by atoms with Crippen LogP contribution in [-0.2, 0) is 23.6 Å². The molecule has 1 N–H and O–H groups in total. The fraction of sp³-hybridized carbons (Fsp3) is 0.407. The lowest BCUT2D eigenvalue weighted by molar-refractivity contribution is -0.143. The summed E-state index contributed by atoms with van der Waals surface area (Å²) in [5.74, 6) is -1.45. The monoisotopic (exact) mass is 560 g/mol. The van der Waals surface area contributed by atoms with Crippen LogP contribution in [0.4, 0.5) is 26.3 Å². The highest BCUT2D eigenvalue weighted by Gasteiger charge is 2.38. The number of benzene rings is 2. The van der Waals surface area contributed by atoms with Crippen LogP contribution in [0.25, 0.3) is 0 Å². The number of carbonyl (C=O) groups is 2. The molecule has 3 rings (SSSR count). The molecule has 1 atom stereocenters. The summed E-state index contributed by atoms with van der Waals surface area (Å²) in [7, 11) is 1.26. The number of amides is 2. The van der Waals surface area contributed by atoms with E-state index in [2.05, 4.69) is 5.32 Å².